The summed E-state index contributed by atoms with van der Waals surface area (Å²) in [5.41, 5.74) is 2.91. The molecule has 37 heavy (non-hydrogen) atoms. The Kier molecular flexibility index (Phi) is 8.66. The van der Waals surface area contributed by atoms with E-state index >= 15 is 0 Å². The summed E-state index contributed by atoms with van der Waals surface area (Å²) < 4.78 is 5.38. The van der Waals surface area contributed by atoms with E-state index in [2.05, 4.69) is 44.6 Å². The van der Waals surface area contributed by atoms with Crippen molar-refractivity contribution in [3.05, 3.63) is 93.2 Å². The second-order valence-electron chi connectivity index (χ2n) is 8.68. The summed E-state index contributed by atoms with van der Waals surface area (Å²) in [7, 11) is 0. The molecule has 2 aromatic carbocycles. The van der Waals surface area contributed by atoms with Crippen LogP contribution in [0.1, 0.15) is 40.3 Å². The Labute approximate surface area is 214 Å². The number of aromatic hydroxyl groups is 1. The maximum atomic E-state index is 12.7. The lowest BCUT2D eigenvalue weighted by Crippen LogP contribution is -2.32. The van der Waals surface area contributed by atoms with Crippen LogP contribution in [0.2, 0.25) is 0 Å². The minimum absolute atomic E-state index is 0.0433. The number of H-pyrrole nitrogens is 1. The van der Waals surface area contributed by atoms with Crippen molar-refractivity contribution in [3.63, 3.8) is 0 Å². The fraction of sp³-hybridized carbons (Fsp3) is 0.286. The molecule has 3 aromatic rings. The van der Waals surface area contributed by atoms with Gasteiger partial charge in [0.1, 0.15) is 12.2 Å². The van der Waals surface area contributed by atoms with E-state index in [1.165, 1.54) is 5.56 Å². The van der Waals surface area contributed by atoms with Gasteiger partial charge >= 0.3 is 0 Å². The molecule has 1 unspecified atom stereocenters. The van der Waals surface area contributed by atoms with Gasteiger partial charge in [-0.05, 0) is 48.2 Å². The zero-order valence-electron chi connectivity index (χ0n) is 20.2. The molecule has 1 saturated heterocycles. The molecule has 4 N–H and O–H groups in total. The molecule has 188 valence electrons. The third kappa shape index (κ3) is 7.05. The largest absolute Gasteiger partial charge is 0.502 e. The molecule has 9 heteroatoms. The summed E-state index contributed by atoms with van der Waals surface area (Å²) in [5, 5.41) is 24.9. The van der Waals surface area contributed by atoms with Crippen molar-refractivity contribution in [3.8, 4) is 23.7 Å². The van der Waals surface area contributed by atoms with Crippen molar-refractivity contribution in [1.82, 2.24) is 20.6 Å². The number of aromatic nitrogens is 2. The molecule has 1 aliphatic heterocycles. The summed E-state index contributed by atoms with van der Waals surface area (Å²) in [4.78, 5) is 30.8. The Morgan fingerprint density at radius 2 is 1.81 bits per heavy atom. The molecule has 2 heterocycles. The van der Waals surface area contributed by atoms with Crippen molar-refractivity contribution in [2.75, 3.05) is 19.8 Å². The number of rotatable bonds is 8. The summed E-state index contributed by atoms with van der Waals surface area (Å²) in [6.45, 7) is 2.19. The maximum Gasteiger partial charge on any atom is 0.293 e. The average Bonchev–Trinajstić information content (AvgIpc) is 3.45. The maximum absolute atomic E-state index is 12.7. The highest BCUT2D eigenvalue weighted by molar-refractivity contribution is 5.84. The summed E-state index contributed by atoms with van der Waals surface area (Å²) in [5.74, 6) is 4.24. The van der Waals surface area contributed by atoms with Crippen molar-refractivity contribution < 1.29 is 14.6 Å². The number of nitrogens with one attached hydrogen (secondary N) is 3. The van der Waals surface area contributed by atoms with E-state index in [-0.39, 0.29) is 18.7 Å². The van der Waals surface area contributed by atoms with E-state index in [0.717, 1.165) is 49.2 Å². The first-order chi connectivity index (χ1) is 18.0. The molecule has 0 saturated carbocycles. The van der Waals surface area contributed by atoms with Gasteiger partial charge in [0.25, 0.3) is 5.56 Å². The topological polar surface area (TPSA) is 140 Å². The van der Waals surface area contributed by atoms with Crippen LogP contribution in [-0.2, 0) is 22.5 Å². The van der Waals surface area contributed by atoms with Crippen molar-refractivity contribution in [2.24, 2.45) is 0 Å². The lowest BCUT2D eigenvalue weighted by molar-refractivity contribution is -0.122. The standard InChI is InChI=1S/C28H27N5O4/c29-12-13-30-27(35)24(25-26(34)28(36)33-18-32-25)15-21-7-3-19(4-8-21)1-2-20-5-9-22(10-6-20)16-31-23-11-14-37-17-23/h3-10,18,23-24,31,34H,11,13-17H2,(H,30,35)(H,32,33,36)/t23-,24?/m1/s1. The van der Waals surface area contributed by atoms with Gasteiger partial charge in [0.15, 0.2) is 0 Å². The molecule has 0 spiro atoms. The predicted octanol–water partition coefficient (Wildman–Crippen LogP) is 1.72. The minimum Gasteiger partial charge on any atom is -0.502 e. The molecule has 0 aliphatic carbocycles. The Morgan fingerprint density at radius 1 is 1.14 bits per heavy atom. The molecule has 1 amide bonds. The van der Waals surface area contributed by atoms with Crippen LogP contribution in [0.15, 0.2) is 59.7 Å². The van der Waals surface area contributed by atoms with Crippen LogP contribution >= 0.6 is 0 Å². The second kappa shape index (κ2) is 12.5. The van der Waals surface area contributed by atoms with Crippen molar-refractivity contribution >= 4 is 5.91 Å². The first-order valence-corrected chi connectivity index (χ1v) is 12.0. The number of carbonyl (C=O) groups is 1. The van der Waals surface area contributed by atoms with E-state index in [1.54, 1.807) is 0 Å². The number of hydrogen-bond acceptors (Lipinski definition) is 7. The molecular weight excluding hydrogens is 470 g/mol. The zero-order valence-corrected chi connectivity index (χ0v) is 20.2. The first-order valence-electron chi connectivity index (χ1n) is 12.0. The van der Waals surface area contributed by atoms with E-state index in [1.807, 2.05) is 42.5 Å². The number of nitriles is 1. The van der Waals surface area contributed by atoms with Crippen LogP contribution in [0.3, 0.4) is 0 Å². The van der Waals surface area contributed by atoms with Crippen LogP contribution < -0.4 is 16.2 Å². The fourth-order valence-corrected chi connectivity index (χ4v) is 3.99. The van der Waals surface area contributed by atoms with Gasteiger partial charge in [-0.15, -0.1) is 0 Å². The number of nitrogens with zero attached hydrogens (tertiary/aromatic N) is 2. The molecule has 9 nitrogen and oxygen atoms in total. The van der Waals surface area contributed by atoms with Gasteiger partial charge < -0.3 is 25.5 Å². The molecule has 0 bridgehead atoms. The molecular formula is C28H27N5O4. The van der Waals surface area contributed by atoms with Crippen LogP contribution in [0.5, 0.6) is 5.75 Å². The second-order valence-corrected chi connectivity index (χ2v) is 8.68. The summed E-state index contributed by atoms with van der Waals surface area (Å²) in [6.07, 6.45) is 2.36. The molecule has 2 atom stereocenters. The molecule has 0 radical (unpaired) electrons. The molecule has 4 rings (SSSR count). The van der Waals surface area contributed by atoms with E-state index in [0.29, 0.717) is 6.04 Å². The monoisotopic (exact) mass is 497 g/mol. The number of ether oxygens (including phenoxy) is 1. The van der Waals surface area contributed by atoms with E-state index in [9.17, 15) is 14.7 Å². The van der Waals surface area contributed by atoms with Crippen LogP contribution in [0.25, 0.3) is 0 Å². The van der Waals surface area contributed by atoms with Gasteiger partial charge in [-0.2, -0.15) is 5.26 Å². The normalized spacial score (nSPS) is 15.3. The quantitative estimate of drug-likeness (QED) is 0.274. The summed E-state index contributed by atoms with van der Waals surface area (Å²) >= 11 is 0. The Balaban J connectivity index is 1.41. The average molecular weight is 498 g/mol. The van der Waals surface area contributed by atoms with Gasteiger partial charge in [0, 0.05) is 30.3 Å². The van der Waals surface area contributed by atoms with Crippen molar-refractivity contribution in [1.29, 1.82) is 5.26 Å². The van der Waals surface area contributed by atoms with Gasteiger partial charge in [-0.25, -0.2) is 4.98 Å². The van der Waals surface area contributed by atoms with Crippen molar-refractivity contribution in [2.45, 2.75) is 31.3 Å². The van der Waals surface area contributed by atoms with Crippen LogP contribution in [-0.4, -0.2) is 46.8 Å². The SMILES string of the molecule is N#CCNC(=O)C(Cc1ccc(C#Cc2ccc(CN[C@@H]3CCOC3)cc2)cc1)c1nc[nH]c(=O)c1O. The number of aromatic amines is 1. The van der Waals surface area contributed by atoms with Gasteiger partial charge in [-0.1, -0.05) is 36.1 Å². The predicted molar refractivity (Wildman–Crippen MR) is 137 cm³/mol. The summed E-state index contributed by atoms with van der Waals surface area (Å²) in [6, 6.07) is 17.7. The van der Waals surface area contributed by atoms with Gasteiger partial charge in [0.05, 0.1) is 24.9 Å². The highest BCUT2D eigenvalue weighted by Gasteiger charge is 2.26. The number of amides is 1. The number of benzene rings is 2. The molecule has 1 fully saturated rings. The van der Waals surface area contributed by atoms with Crippen LogP contribution in [0.4, 0.5) is 0 Å². The third-order valence-electron chi connectivity index (χ3n) is 6.07. The lowest BCUT2D eigenvalue weighted by Gasteiger charge is -2.16. The van der Waals surface area contributed by atoms with E-state index < -0.39 is 23.1 Å². The highest BCUT2D eigenvalue weighted by atomic mass is 16.5. The van der Waals surface area contributed by atoms with Gasteiger partial charge in [0.2, 0.25) is 11.7 Å². The highest BCUT2D eigenvalue weighted by Crippen LogP contribution is 2.24. The van der Waals surface area contributed by atoms with Gasteiger partial charge in [-0.3, -0.25) is 9.59 Å². The smallest absolute Gasteiger partial charge is 0.293 e. The minimum atomic E-state index is -0.943. The molecule has 1 aliphatic rings. The lowest BCUT2D eigenvalue weighted by atomic mass is 9.94. The Hall–Kier alpha value is -4.44. The Bertz CT molecular complexity index is 1380. The number of hydrogen-bond donors (Lipinski definition) is 4. The Morgan fingerprint density at radius 3 is 2.43 bits per heavy atom. The third-order valence-corrected chi connectivity index (χ3v) is 6.07. The zero-order chi connectivity index (χ0) is 26.0. The van der Waals surface area contributed by atoms with Crippen LogP contribution in [0, 0.1) is 23.2 Å². The number of carbonyl (C=O) groups excluding carboxylic acids is 1. The first kappa shape index (κ1) is 25.6. The molecule has 1 aromatic heterocycles. The van der Waals surface area contributed by atoms with E-state index in [4.69, 9.17) is 10.00 Å². The fourth-order valence-electron chi connectivity index (χ4n) is 3.99.